The first kappa shape index (κ1) is 64.5. The van der Waals surface area contributed by atoms with E-state index in [0.29, 0.717) is 32.7 Å². The average Bonchev–Trinajstić information content (AvgIpc) is 3.30. The molecule has 0 fully saturated rings. The number of aliphatic hydroxyl groups excluding tert-OH is 3. The van der Waals surface area contributed by atoms with Crippen LogP contribution in [0.4, 0.5) is 0 Å². The first-order chi connectivity index (χ1) is 31.7. The van der Waals surface area contributed by atoms with Crippen LogP contribution in [0.1, 0.15) is 207 Å². The van der Waals surface area contributed by atoms with Gasteiger partial charge >= 0.3 is 17.9 Å². The highest BCUT2D eigenvalue weighted by atomic mass is 16.6. The van der Waals surface area contributed by atoms with Gasteiger partial charge in [0.15, 0.2) is 6.10 Å². The van der Waals surface area contributed by atoms with Crippen LogP contribution in [0.25, 0.3) is 0 Å². The second-order valence-corrected chi connectivity index (χ2v) is 16.9. The summed E-state index contributed by atoms with van der Waals surface area (Å²) >= 11 is 0. The summed E-state index contributed by atoms with van der Waals surface area (Å²) in [4.78, 5) is 36.7. The topological polar surface area (TPSA) is 167 Å². The maximum absolute atomic E-state index is 12.6. The predicted octanol–water partition coefficient (Wildman–Crippen LogP) is 11.4. The summed E-state index contributed by atoms with van der Waals surface area (Å²) in [5.41, 5.74) is 0. The fourth-order valence-corrected chi connectivity index (χ4v) is 6.89. The minimum absolute atomic E-state index is 0.0597. The van der Waals surface area contributed by atoms with Gasteiger partial charge in [-0.2, -0.15) is 0 Å². The Labute approximate surface area is 396 Å². The van der Waals surface area contributed by atoms with Gasteiger partial charge < -0.3 is 43.7 Å². The number of carbonyl (C=O) groups excluding carboxylic acids is 3. The van der Waals surface area contributed by atoms with E-state index < -0.39 is 12.1 Å². The lowest BCUT2D eigenvalue weighted by atomic mass is 10.1. The van der Waals surface area contributed by atoms with Gasteiger partial charge in [-0.25, -0.2) is 0 Å². The van der Waals surface area contributed by atoms with Crippen molar-refractivity contribution < 1.29 is 58.1 Å². The number of aliphatic hydroxyl groups is 3. The summed E-state index contributed by atoms with van der Waals surface area (Å²) in [6.07, 6.45) is 37.5. The standard InChI is InChI=1S/C46H84O10.C7H14O2/c1-4-7-9-23-29-41(52-37-35-47)31-25-19-15-11-13-17-21-27-33-45(50)55-40-43(39-54-44(49)6-3)56-46(51)34-28-22-18-14-12-16-20-26-32-42(53-38-36-48)30-24-10-8-5-2;1-3-4-7(2)9-6-5-8/h19-20,25-26,41-43,47-48H,4-18,21-24,27-40H2,1-3H3;3,7-8H,1,4-6H2,2H3/b25-19+,26-20-;. The third-order valence-corrected chi connectivity index (χ3v) is 10.7. The van der Waals surface area contributed by atoms with Crippen molar-refractivity contribution in [2.24, 2.45) is 0 Å². The highest BCUT2D eigenvalue weighted by molar-refractivity contribution is 5.71. The van der Waals surface area contributed by atoms with E-state index in [2.05, 4.69) is 44.7 Å². The van der Waals surface area contributed by atoms with Crippen molar-refractivity contribution in [3.63, 3.8) is 0 Å². The molecule has 382 valence electrons. The molecule has 0 bridgehead atoms. The molecule has 3 N–H and O–H groups in total. The van der Waals surface area contributed by atoms with Gasteiger partial charge in [-0.15, -0.1) is 6.58 Å². The van der Waals surface area contributed by atoms with Gasteiger partial charge in [-0.3, -0.25) is 14.4 Å². The zero-order chi connectivity index (χ0) is 48.3. The molecule has 0 amide bonds. The van der Waals surface area contributed by atoms with Crippen LogP contribution in [0.5, 0.6) is 0 Å². The molecular formula is C53H98O12. The van der Waals surface area contributed by atoms with Crippen LogP contribution in [0, 0.1) is 0 Å². The van der Waals surface area contributed by atoms with E-state index in [1.807, 2.05) is 13.0 Å². The maximum atomic E-state index is 12.6. The van der Waals surface area contributed by atoms with Crippen molar-refractivity contribution in [2.45, 2.75) is 232 Å². The van der Waals surface area contributed by atoms with Crippen LogP contribution >= 0.6 is 0 Å². The molecule has 12 heteroatoms. The highest BCUT2D eigenvalue weighted by Gasteiger charge is 2.19. The molecule has 0 aliphatic rings. The Morgan fingerprint density at radius 2 is 0.923 bits per heavy atom. The summed E-state index contributed by atoms with van der Waals surface area (Å²) < 4.78 is 32.9. The van der Waals surface area contributed by atoms with Gasteiger partial charge in [-0.05, 0) is 77.6 Å². The van der Waals surface area contributed by atoms with Crippen molar-refractivity contribution in [1.29, 1.82) is 0 Å². The number of hydrogen-bond donors (Lipinski definition) is 3. The monoisotopic (exact) mass is 927 g/mol. The van der Waals surface area contributed by atoms with Gasteiger partial charge in [0.2, 0.25) is 0 Å². The smallest absolute Gasteiger partial charge is 0.306 e. The number of hydrogen-bond acceptors (Lipinski definition) is 12. The van der Waals surface area contributed by atoms with Gasteiger partial charge in [-0.1, -0.05) is 141 Å². The Morgan fingerprint density at radius 1 is 0.492 bits per heavy atom. The van der Waals surface area contributed by atoms with Gasteiger partial charge in [0.05, 0.1) is 58.0 Å². The number of esters is 3. The van der Waals surface area contributed by atoms with Crippen LogP contribution in [-0.4, -0.2) is 110 Å². The number of rotatable bonds is 47. The van der Waals surface area contributed by atoms with E-state index in [9.17, 15) is 14.4 Å². The van der Waals surface area contributed by atoms with Gasteiger partial charge in [0, 0.05) is 19.3 Å². The molecule has 0 aliphatic carbocycles. The number of unbranched alkanes of at least 4 members (excludes halogenated alkanes) is 16. The van der Waals surface area contributed by atoms with E-state index >= 15 is 0 Å². The van der Waals surface area contributed by atoms with Gasteiger partial charge in [0.25, 0.3) is 0 Å². The second-order valence-electron chi connectivity index (χ2n) is 16.9. The third kappa shape index (κ3) is 49.1. The molecule has 0 heterocycles. The minimum Gasteiger partial charge on any atom is -0.462 e. The average molecular weight is 927 g/mol. The molecule has 0 aromatic heterocycles. The minimum atomic E-state index is -0.815. The van der Waals surface area contributed by atoms with E-state index in [0.717, 1.165) is 109 Å². The van der Waals surface area contributed by atoms with Crippen LogP contribution in [0.3, 0.4) is 0 Å². The van der Waals surface area contributed by atoms with Crippen LogP contribution < -0.4 is 0 Å². The molecule has 0 aromatic rings. The number of allylic oxidation sites excluding steroid dienone is 2. The zero-order valence-electron chi connectivity index (χ0n) is 41.9. The lowest BCUT2D eigenvalue weighted by Gasteiger charge is -2.18. The molecule has 0 spiro atoms. The predicted molar refractivity (Wildman–Crippen MR) is 263 cm³/mol. The molecule has 0 saturated heterocycles. The van der Waals surface area contributed by atoms with E-state index in [-0.39, 0.29) is 76.1 Å². The van der Waals surface area contributed by atoms with E-state index in [4.69, 9.17) is 43.7 Å². The van der Waals surface area contributed by atoms with Crippen molar-refractivity contribution in [1.82, 2.24) is 0 Å². The summed E-state index contributed by atoms with van der Waals surface area (Å²) in [6, 6.07) is 0. The second kappa shape index (κ2) is 52.4. The molecule has 12 nitrogen and oxygen atoms in total. The summed E-state index contributed by atoms with van der Waals surface area (Å²) in [5.74, 6) is -1.11. The lowest BCUT2D eigenvalue weighted by Crippen LogP contribution is -2.30. The molecule has 0 radical (unpaired) electrons. The first-order valence-corrected chi connectivity index (χ1v) is 25.8. The molecule has 0 rings (SSSR count). The van der Waals surface area contributed by atoms with E-state index in [1.54, 1.807) is 6.92 Å². The summed E-state index contributed by atoms with van der Waals surface area (Å²) in [5, 5.41) is 26.5. The molecule has 0 aromatic carbocycles. The Kier molecular flexibility index (Phi) is 51.9. The first-order valence-electron chi connectivity index (χ1n) is 25.8. The molecule has 4 atom stereocenters. The number of ether oxygens (including phenoxy) is 6. The number of carbonyl (C=O) groups is 3. The third-order valence-electron chi connectivity index (χ3n) is 10.7. The van der Waals surface area contributed by atoms with Crippen molar-refractivity contribution in [2.75, 3.05) is 52.9 Å². The van der Waals surface area contributed by atoms with E-state index in [1.165, 1.54) is 44.9 Å². The molecule has 65 heavy (non-hydrogen) atoms. The largest absolute Gasteiger partial charge is 0.462 e. The fourth-order valence-electron chi connectivity index (χ4n) is 6.89. The fraction of sp³-hybridized carbons (Fsp3) is 0.830. The van der Waals surface area contributed by atoms with Crippen LogP contribution in [0.2, 0.25) is 0 Å². The Balaban J connectivity index is 0. The van der Waals surface area contributed by atoms with Gasteiger partial charge in [0.1, 0.15) is 13.2 Å². The van der Waals surface area contributed by atoms with Crippen molar-refractivity contribution >= 4 is 17.9 Å². The van der Waals surface area contributed by atoms with Crippen molar-refractivity contribution in [3.8, 4) is 0 Å². The molecule has 0 saturated carbocycles. The maximum Gasteiger partial charge on any atom is 0.306 e. The molecule has 4 unspecified atom stereocenters. The quantitative estimate of drug-likeness (QED) is 0.0229. The highest BCUT2D eigenvalue weighted by Crippen LogP contribution is 2.16. The Bertz CT molecular complexity index is 1110. The Hall–Kier alpha value is -2.61. The summed E-state index contributed by atoms with van der Waals surface area (Å²) in [6.45, 7) is 12.8. The van der Waals surface area contributed by atoms with Crippen LogP contribution in [-0.2, 0) is 42.8 Å². The normalized spacial score (nSPS) is 13.3. The molecular weight excluding hydrogens is 829 g/mol. The van der Waals surface area contributed by atoms with Crippen molar-refractivity contribution in [3.05, 3.63) is 37.0 Å². The van der Waals surface area contributed by atoms with Crippen LogP contribution in [0.15, 0.2) is 37.0 Å². The SMILES string of the molecule is C=CCC(C)OCCO.CCCCCCC(C/C=C\CCCCCCCC(=O)OC(COC(=O)CC)COC(=O)CCCCCCC/C=C/CC(CCCCCC)OCCO)OCCO. The Morgan fingerprint density at radius 3 is 1.38 bits per heavy atom. The zero-order valence-corrected chi connectivity index (χ0v) is 41.9. The molecule has 0 aliphatic heterocycles. The summed E-state index contributed by atoms with van der Waals surface area (Å²) in [7, 11) is 0. The lowest BCUT2D eigenvalue weighted by molar-refractivity contribution is -0.166.